The summed E-state index contributed by atoms with van der Waals surface area (Å²) in [6.45, 7) is 6.43. The first-order valence-corrected chi connectivity index (χ1v) is 8.89. The third-order valence-electron chi connectivity index (χ3n) is 4.14. The first-order chi connectivity index (χ1) is 12.5. The Hall–Kier alpha value is -2.05. The first-order valence-electron chi connectivity index (χ1n) is 8.89. The van der Waals surface area contributed by atoms with Gasteiger partial charge in [-0.05, 0) is 36.6 Å². The highest BCUT2D eigenvalue weighted by molar-refractivity contribution is 5.68. The summed E-state index contributed by atoms with van der Waals surface area (Å²) in [6.07, 6.45) is 0.791. The van der Waals surface area contributed by atoms with Gasteiger partial charge in [0, 0.05) is 12.6 Å². The van der Waals surface area contributed by atoms with E-state index in [-0.39, 0.29) is 36.4 Å². The maximum atomic E-state index is 14.4. The highest BCUT2D eigenvalue weighted by Crippen LogP contribution is 2.32. The van der Waals surface area contributed by atoms with Gasteiger partial charge in [-0.15, -0.1) is 0 Å². The minimum atomic E-state index is -0.478. The van der Waals surface area contributed by atoms with Crippen LogP contribution in [0.4, 0.5) is 8.78 Å². The molecule has 0 saturated heterocycles. The fourth-order valence-corrected chi connectivity index (χ4v) is 2.57. The van der Waals surface area contributed by atoms with Crippen molar-refractivity contribution >= 4 is 0 Å². The van der Waals surface area contributed by atoms with Gasteiger partial charge in [-0.25, -0.2) is 13.8 Å². The molecule has 1 aromatic heterocycles. The molecule has 0 fully saturated rings. The van der Waals surface area contributed by atoms with Gasteiger partial charge >= 0.3 is 0 Å². The van der Waals surface area contributed by atoms with Gasteiger partial charge < -0.3 is 15.2 Å². The number of benzene rings is 1. The third kappa shape index (κ3) is 4.99. The van der Waals surface area contributed by atoms with Crippen LogP contribution in [-0.2, 0) is 6.54 Å². The quantitative estimate of drug-likeness (QED) is 0.708. The Morgan fingerprint density at radius 1 is 1.15 bits per heavy atom. The van der Waals surface area contributed by atoms with Gasteiger partial charge in [0.15, 0.2) is 0 Å². The SMILES string of the molecule is CCCOc1cccc(F)c1-c1ccc(F)c(CN[C@@H](CO)C(C)C)n1. The van der Waals surface area contributed by atoms with E-state index in [9.17, 15) is 13.9 Å². The minimum absolute atomic E-state index is 0.0543. The molecule has 0 aliphatic heterocycles. The Labute approximate surface area is 153 Å². The van der Waals surface area contributed by atoms with Gasteiger partial charge in [0.05, 0.1) is 30.2 Å². The molecule has 142 valence electrons. The number of hydrogen-bond donors (Lipinski definition) is 2. The largest absolute Gasteiger partial charge is 0.493 e. The molecule has 0 unspecified atom stereocenters. The lowest BCUT2D eigenvalue weighted by atomic mass is 10.1. The standard InChI is InChI=1S/C20H26F2N2O2/c1-4-10-26-19-7-5-6-15(22)20(19)16-9-8-14(21)17(24-16)11-23-18(12-25)13(2)3/h5-9,13,18,23,25H,4,10-12H2,1-3H3/t18-/m0/s1. The number of nitrogens with zero attached hydrogens (tertiary/aromatic N) is 1. The van der Waals surface area contributed by atoms with Crippen LogP contribution in [0.3, 0.4) is 0 Å². The summed E-state index contributed by atoms with van der Waals surface area (Å²) in [5, 5.41) is 12.5. The van der Waals surface area contributed by atoms with Crippen LogP contribution in [0.5, 0.6) is 5.75 Å². The van der Waals surface area contributed by atoms with Crippen molar-refractivity contribution in [2.45, 2.75) is 39.8 Å². The summed E-state index contributed by atoms with van der Waals surface area (Å²) in [5.41, 5.74) is 0.716. The van der Waals surface area contributed by atoms with Gasteiger partial charge in [0.1, 0.15) is 17.4 Å². The average molecular weight is 364 g/mol. The molecule has 0 aliphatic rings. The molecule has 1 heterocycles. The maximum absolute atomic E-state index is 14.4. The number of hydrogen-bond acceptors (Lipinski definition) is 4. The van der Waals surface area contributed by atoms with E-state index in [0.717, 1.165) is 6.42 Å². The van der Waals surface area contributed by atoms with E-state index in [1.807, 2.05) is 20.8 Å². The van der Waals surface area contributed by atoms with Gasteiger partial charge in [-0.2, -0.15) is 0 Å². The Morgan fingerprint density at radius 3 is 2.58 bits per heavy atom. The van der Waals surface area contributed by atoms with E-state index in [0.29, 0.717) is 18.1 Å². The molecule has 0 radical (unpaired) electrons. The van der Waals surface area contributed by atoms with Gasteiger partial charge in [0.2, 0.25) is 0 Å². The second-order valence-corrected chi connectivity index (χ2v) is 6.50. The second-order valence-electron chi connectivity index (χ2n) is 6.50. The van der Waals surface area contributed by atoms with E-state index in [1.54, 1.807) is 12.1 Å². The Balaban J connectivity index is 2.32. The molecule has 1 atom stereocenters. The second kappa shape index (κ2) is 9.59. The molecule has 2 rings (SSSR count). The fourth-order valence-electron chi connectivity index (χ4n) is 2.57. The zero-order valence-corrected chi connectivity index (χ0v) is 15.4. The Morgan fingerprint density at radius 2 is 1.92 bits per heavy atom. The molecular formula is C20H26F2N2O2. The fraction of sp³-hybridized carbons (Fsp3) is 0.450. The van der Waals surface area contributed by atoms with E-state index in [4.69, 9.17) is 4.74 Å². The van der Waals surface area contributed by atoms with Crippen LogP contribution in [0.15, 0.2) is 30.3 Å². The molecule has 0 aliphatic carbocycles. The molecule has 2 aromatic rings. The minimum Gasteiger partial charge on any atom is -0.493 e. The van der Waals surface area contributed by atoms with E-state index in [2.05, 4.69) is 10.3 Å². The lowest BCUT2D eigenvalue weighted by Gasteiger charge is -2.20. The van der Waals surface area contributed by atoms with Crippen molar-refractivity contribution < 1.29 is 18.6 Å². The number of aliphatic hydroxyl groups excluding tert-OH is 1. The molecule has 4 nitrogen and oxygen atoms in total. The van der Waals surface area contributed by atoms with Crippen molar-refractivity contribution in [1.29, 1.82) is 0 Å². The number of halogens is 2. The lowest BCUT2D eigenvalue weighted by Crippen LogP contribution is -2.37. The topological polar surface area (TPSA) is 54.4 Å². The number of aromatic nitrogens is 1. The predicted molar refractivity (Wildman–Crippen MR) is 97.9 cm³/mol. The van der Waals surface area contributed by atoms with Crippen LogP contribution < -0.4 is 10.1 Å². The van der Waals surface area contributed by atoms with Crippen molar-refractivity contribution in [1.82, 2.24) is 10.3 Å². The molecule has 26 heavy (non-hydrogen) atoms. The van der Waals surface area contributed by atoms with E-state index >= 15 is 0 Å². The summed E-state index contributed by atoms with van der Waals surface area (Å²) in [5.74, 6) is -0.367. The summed E-state index contributed by atoms with van der Waals surface area (Å²) >= 11 is 0. The van der Waals surface area contributed by atoms with Crippen LogP contribution >= 0.6 is 0 Å². The Kier molecular flexibility index (Phi) is 7.48. The normalized spacial score (nSPS) is 12.4. The van der Waals surface area contributed by atoms with Crippen molar-refractivity contribution in [3.63, 3.8) is 0 Å². The van der Waals surface area contributed by atoms with Crippen molar-refractivity contribution in [2.24, 2.45) is 5.92 Å². The Bertz CT molecular complexity index is 723. The highest BCUT2D eigenvalue weighted by atomic mass is 19.1. The molecule has 0 spiro atoms. The summed E-state index contributed by atoms with van der Waals surface area (Å²) in [7, 11) is 0. The number of pyridine rings is 1. The molecule has 6 heteroatoms. The summed E-state index contributed by atoms with van der Waals surface area (Å²) in [6, 6.07) is 7.14. The zero-order valence-electron chi connectivity index (χ0n) is 15.4. The van der Waals surface area contributed by atoms with Crippen LogP contribution in [0.25, 0.3) is 11.3 Å². The maximum Gasteiger partial charge on any atom is 0.146 e. The number of ether oxygens (including phenoxy) is 1. The molecule has 2 N–H and O–H groups in total. The van der Waals surface area contributed by atoms with Crippen LogP contribution in [0, 0.1) is 17.6 Å². The monoisotopic (exact) mass is 364 g/mol. The van der Waals surface area contributed by atoms with Crippen LogP contribution in [-0.4, -0.2) is 29.3 Å². The predicted octanol–water partition coefficient (Wildman–Crippen LogP) is 3.92. The molecule has 1 aromatic carbocycles. The summed E-state index contributed by atoms with van der Waals surface area (Å²) < 4.78 is 34.2. The molecule has 0 amide bonds. The first kappa shape index (κ1) is 20.3. The highest BCUT2D eigenvalue weighted by Gasteiger charge is 2.17. The molecular weight excluding hydrogens is 338 g/mol. The number of aliphatic hydroxyl groups is 1. The van der Waals surface area contributed by atoms with Crippen molar-refractivity contribution in [3.8, 4) is 17.0 Å². The lowest BCUT2D eigenvalue weighted by molar-refractivity contribution is 0.209. The van der Waals surface area contributed by atoms with Gasteiger partial charge in [-0.3, -0.25) is 0 Å². The van der Waals surface area contributed by atoms with Gasteiger partial charge in [0.25, 0.3) is 0 Å². The smallest absolute Gasteiger partial charge is 0.146 e. The summed E-state index contributed by atoms with van der Waals surface area (Å²) in [4.78, 5) is 4.30. The molecule has 0 bridgehead atoms. The third-order valence-corrected chi connectivity index (χ3v) is 4.14. The van der Waals surface area contributed by atoms with Crippen LogP contribution in [0.1, 0.15) is 32.9 Å². The average Bonchev–Trinajstić information content (AvgIpc) is 2.62. The molecule has 0 saturated carbocycles. The van der Waals surface area contributed by atoms with Crippen LogP contribution in [0.2, 0.25) is 0 Å². The van der Waals surface area contributed by atoms with E-state index in [1.165, 1.54) is 18.2 Å². The number of rotatable bonds is 9. The zero-order chi connectivity index (χ0) is 19.1. The van der Waals surface area contributed by atoms with Crippen molar-refractivity contribution in [2.75, 3.05) is 13.2 Å². The van der Waals surface area contributed by atoms with Gasteiger partial charge in [-0.1, -0.05) is 26.8 Å². The van der Waals surface area contributed by atoms with E-state index < -0.39 is 11.6 Å². The number of nitrogens with one attached hydrogen (secondary N) is 1. The van der Waals surface area contributed by atoms with Crippen molar-refractivity contribution in [3.05, 3.63) is 47.7 Å².